The molecule has 12 N–H and O–H groups in total. The maximum Gasteiger partial charge on any atom is 0.217 e. The van der Waals surface area contributed by atoms with Gasteiger partial charge in [0.15, 0.2) is 18.9 Å². The van der Waals surface area contributed by atoms with Crippen molar-refractivity contribution in [1.29, 1.82) is 0 Å². The summed E-state index contributed by atoms with van der Waals surface area (Å²) in [4.78, 5) is 12.2. The third kappa shape index (κ3) is 8.52. The molecule has 49 heavy (non-hydrogen) atoms. The minimum absolute atomic E-state index is 0.665. The van der Waals surface area contributed by atoms with Gasteiger partial charge in [0.05, 0.1) is 32.5 Å². The van der Waals surface area contributed by atoms with Crippen LogP contribution in [0.15, 0.2) is 0 Å². The third-order valence-corrected chi connectivity index (χ3v) is 9.12. The van der Waals surface area contributed by atoms with Crippen LogP contribution in [0.2, 0.25) is 0 Å². The molecule has 13 unspecified atom stereocenters. The summed E-state index contributed by atoms with van der Waals surface area (Å²) in [6, 6.07) is -1.55. The summed E-state index contributed by atoms with van der Waals surface area (Å²) in [5.74, 6) is -0.712. The van der Waals surface area contributed by atoms with Crippen molar-refractivity contribution in [3.05, 3.63) is 0 Å². The van der Waals surface area contributed by atoms with Crippen LogP contribution in [-0.2, 0) is 42.7 Å². The number of aliphatic hydroxyl groups is 11. The van der Waals surface area contributed by atoms with Crippen LogP contribution in [0.3, 0.4) is 0 Å². The molecule has 21 heteroatoms. The summed E-state index contributed by atoms with van der Waals surface area (Å²) in [7, 11) is 1.19. The summed E-state index contributed by atoms with van der Waals surface area (Å²) >= 11 is 0. The summed E-state index contributed by atoms with van der Waals surface area (Å²) < 4.78 is 44.8. The van der Waals surface area contributed by atoms with Gasteiger partial charge in [-0.15, -0.1) is 0 Å². The number of nitrogens with one attached hydrogen (secondary N) is 1. The zero-order valence-corrected chi connectivity index (χ0v) is 27.0. The van der Waals surface area contributed by atoms with E-state index in [9.17, 15) is 61.0 Å². The number of methoxy groups -OCH3 is 1. The maximum absolute atomic E-state index is 12.2. The lowest BCUT2D eigenvalue weighted by atomic mass is 9.94. The second-order valence-electron chi connectivity index (χ2n) is 12.4. The number of carbonyl (C=O) groups excluding carboxylic acids is 1. The van der Waals surface area contributed by atoms with E-state index in [-0.39, 0.29) is 0 Å². The van der Waals surface area contributed by atoms with E-state index in [0.29, 0.717) is 0 Å². The topological polar surface area (TPSA) is 325 Å². The van der Waals surface area contributed by atoms with Gasteiger partial charge in [-0.25, -0.2) is 0 Å². The molecule has 286 valence electrons. The highest BCUT2D eigenvalue weighted by atomic mass is 16.8. The molecule has 0 aromatic heterocycles. The van der Waals surface area contributed by atoms with Gasteiger partial charge in [-0.05, 0) is 6.92 Å². The van der Waals surface area contributed by atoms with E-state index in [1.54, 1.807) is 0 Å². The summed E-state index contributed by atoms with van der Waals surface area (Å²) in [6.45, 7) is -0.513. The number of rotatable bonds is 12. The molecule has 4 saturated heterocycles. The van der Waals surface area contributed by atoms with E-state index in [4.69, 9.17) is 37.9 Å². The molecule has 0 aromatic rings. The van der Waals surface area contributed by atoms with Gasteiger partial charge in [-0.2, -0.15) is 0 Å². The molecular weight excluding hydrogens is 670 g/mol. The van der Waals surface area contributed by atoms with Crippen molar-refractivity contribution in [3.8, 4) is 0 Å². The molecule has 4 aliphatic rings. The lowest BCUT2D eigenvalue weighted by molar-refractivity contribution is -0.376. The lowest BCUT2D eigenvalue weighted by Crippen LogP contribution is -2.69. The number of hydrogen-bond acceptors (Lipinski definition) is 20. The molecule has 4 aliphatic heterocycles. The molecule has 20 atom stereocenters. The van der Waals surface area contributed by atoms with E-state index < -0.39 is 155 Å². The molecule has 0 bridgehead atoms. The third-order valence-electron chi connectivity index (χ3n) is 9.12. The van der Waals surface area contributed by atoms with Gasteiger partial charge in [-0.1, -0.05) is 0 Å². The highest BCUT2D eigenvalue weighted by Gasteiger charge is 2.55. The Balaban J connectivity index is 1.56. The smallest absolute Gasteiger partial charge is 0.217 e. The number of amides is 1. The first-order chi connectivity index (χ1) is 23.2. The van der Waals surface area contributed by atoms with Crippen LogP contribution < -0.4 is 5.32 Å². The lowest BCUT2D eigenvalue weighted by Gasteiger charge is -2.50. The number of ether oxygens (including phenoxy) is 8. The second kappa shape index (κ2) is 17.5. The monoisotopic (exact) mass is 719 g/mol. The molecule has 0 saturated carbocycles. The van der Waals surface area contributed by atoms with Gasteiger partial charge in [-0.3, -0.25) is 4.79 Å². The van der Waals surface area contributed by atoms with Crippen molar-refractivity contribution in [2.75, 3.05) is 33.5 Å². The van der Waals surface area contributed by atoms with E-state index >= 15 is 0 Å². The Morgan fingerprint density at radius 2 is 0.980 bits per heavy atom. The number of aliphatic hydroxyl groups excluding tert-OH is 11. The summed E-state index contributed by atoms with van der Waals surface area (Å²) in [6.07, 6.45) is -29.4. The molecule has 21 nitrogen and oxygen atoms in total. The number of carbonyl (C=O) groups is 1. The Hall–Kier alpha value is -1.29. The van der Waals surface area contributed by atoms with E-state index in [0.717, 1.165) is 6.92 Å². The SMILES string of the molecule is COC1C(O)[C@H](O[C@@H]2C(CO)O[C@@H](OC3C(O)[C@H](O[C@@H]4C(CO)OC(C)C(O)C4O)OC(CO)[C@@H]3O)C(NC(C)=O)C2O)OC(CO)[C@@H]1O. The zero-order valence-electron chi connectivity index (χ0n) is 27.0. The Bertz CT molecular complexity index is 1040. The predicted molar refractivity (Wildman–Crippen MR) is 154 cm³/mol. The van der Waals surface area contributed by atoms with Crippen LogP contribution in [0.25, 0.3) is 0 Å². The standard InChI is InChI=1S/C28H49NO20/c1-8-15(35)19(39)23(12(6-32)43-8)48-28-21(41)25(17(37)11(5-31)45-28)49-26-14(29-9(2)34)18(38)22(13(7-33)46-26)47-27-20(40)24(42-3)16(36)10(4-30)44-27/h8,10-28,30-33,35-41H,4-7H2,1-3H3,(H,29,34)/t8?,10?,11?,12?,13?,14?,15?,16-,17-,18?,19?,20?,21?,22+,23+,24?,25?,26-,27-,28-/m0/s1. The molecule has 0 spiro atoms. The minimum atomic E-state index is -1.94. The molecule has 0 radical (unpaired) electrons. The first-order valence-corrected chi connectivity index (χ1v) is 15.8. The van der Waals surface area contributed by atoms with Crippen molar-refractivity contribution < 1.29 is 98.9 Å². The van der Waals surface area contributed by atoms with Gasteiger partial charge in [0, 0.05) is 14.0 Å². The quantitative estimate of drug-likeness (QED) is 0.0891. The van der Waals surface area contributed by atoms with Crippen LogP contribution in [0.4, 0.5) is 0 Å². The first-order valence-electron chi connectivity index (χ1n) is 15.8. The Labute approximate surface area is 280 Å². The second-order valence-corrected chi connectivity index (χ2v) is 12.4. The van der Waals surface area contributed by atoms with Crippen LogP contribution in [0.1, 0.15) is 13.8 Å². The fourth-order valence-electron chi connectivity index (χ4n) is 6.42. The predicted octanol–water partition coefficient (Wildman–Crippen LogP) is -7.88. The van der Waals surface area contributed by atoms with Gasteiger partial charge in [0.2, 0.25) is 5.91 Å². The number of hydrogen-bond donors (Lipinski definition) is 12. The fraction of sp³-hybridized carbons (Fsp3) is 0.964. The summed E-state index contributed by atoms with van der Waals surface area (Å²) in [5, 5.41) is 118. The maximum atomic E-state index is 12.2. The minimum Gasteiger partial charge on any atom is -0.394 e. The first kappa shape index (κ1) is 40.5. The van der Waals surface area contributed by atoms with Crippen LogP contribution in [0, 0.1) is 0 Å². The average Bonchev–Trinajstić information content (AvgIpc) is 3.07. The van der Waals surface area contributed by atoms with Crippen LogP contribution >= 0.6 is 0 Å². The van der Waals surface area contributed by atoms with Gasteiger partial charge < -0.3 is 99.4 Å². The fourth-order valence-corrected chi connectivity index (χ4v) is 6.42. The molecule has 4 fully saturated rings. The molecular formula is C28H49NO20. The van der Waals surface area contributed by atoms with Crippen LogP contribution in [-0.4, -0.2) is 218 Å². The van der Waals surface area contributed by atoms with Crippen molar-refractivity contribution in [2.24, 2.45) is 0 Å². The molecule has 0 aliphatic carbocycles. The van der Waals surface area contributed by atoms with Gasteiger partial charge >= 0.3 is 0 Å². The highest BCUT2D eigenvalue weighted by molar-refractivity contribution is 5.73. The Kier molecular flexibility index (Phi) is 14.4. The normalized spacial score (nSPS) is 49.4. The van der Waals surface area contributed by atoms with Crippen LogP contribution in [0.5, 0.6) is 0 Å². The van der Waals surface area contributed by atoms with Gasteiger partial charge in [0.1, 0.15) is 97.6 Å². The molecule has 4 heterocycles. The van der Waals surface area contributed by atoms with E-state index in [1.807, 2.05) is 0 Å². The van der Waals surface area contributed by atoms with Crippen molar-refractivity contribution >= 4 is 5.91 Å². The Morgan fingerprint density at radius 1 is 0.551 bits per heavy atom. The zero-order chi connectivity index (χ0) is 36.3. The summed E-state index contributed by atoms with van der Waals surface area (Å²) in [5.41, 5.74) is 0. The van der Waals surface area contributed by atoms with Crippen molar-refractivity contribution in [1.82, 2.24) is 5.32 Å². The molecule has 4 rings (SSSR count). The molecule has 1 amide bonds. The van der Waals surface area contributed by atoms with Gasteiger partial charge in [0.25, 0.3) is 0 Å². The van der Waals surface area contributed by atoms with Crippen molar-refractivity contribution in [2.45, 2.75) is 136 Å². The van der Waals surface area contributed by atoms with E-state index in [2.05, 4.69) is 5.32 Å². The molecule has 0 aromatic carbocycles. The van der Waals surface area contributed by atoms with E-state index in [1.165, 1.54) is 14.0 Å². The van der Waals surface area contributed by atoms with Crippen molar-refractivity contribution in [3.63, 3.8) is 0 Å². The Morgan fingerprint density at radius 3 is 1.47 bits per heavy atom. The average molecular weight is 720 g/mol. The largest absolute Gasteiger partial charge is 0.394 e. The highest BCUT2D eigenvalue weighted by Crippen LogP contribution is 2.34.